The van der Waals surface area contributed by atoms with Crippen molar-refractivity contribution in [2.75, 3.05) is 0 Å². The Morgan fingerprint density at radius 3 is 1.60 bits per heavy atom. The van der Waals surface area contributed by atoms with Gasteiger partial charge in [0.15, 0.2) is 5.78 Å². The van der Waals surface area contributed by atoms with Crippen LogP contribution in [0.5, 0.6) is 0 Å². The average molecular weight is 304 g/mol. The van der Waals surface area contributed by atoms with E-state index in [4.69, 9.17) is 0 Å². The fraction of sp³-hybridized carbons (Fsp3) is 0.0556. The number of hydrogen-bond donors (Lipinski definition) is 0. The van der Waals surface area contributed by atoms with Crippen LogP contribution >= 0.6 is 0 Å². The molecule has 3 rings (SSSR count). The molecule has 0 atom stereocenters. The normalized spacial score (nSPS) is 18.1. The smallest absolute Gasteiger partial charge is 0.295 e. The van der Waals surface area contributed by atoms with Crippen molar-refractivity contribution in [2.24, 2.45) is 0 Å². The molecule has 1 aromatic rings. The summed E-state index contributed by atoms with van der Waals surface area (Å²) < 4.78 is 0. The molecule has 0 unspecified atom stereocenters. The van der Waals surface area contributed by atoms with E-state index in [1.807, 2.05) is 69.2 Å². The molecule has 1 aromatic carbocycles. The van der Waals surface area contributed by atoms with Gasteiger partial charge in [0, 0.05) is 11.5 Å². The number of ketones is 1. The number of carbonyl (C=O) groups excluding carboxylic acids is 1. The first-order valence-electron chi connectivity index (χ1n) is 6.27. The minimum absolute atomic E-state index is 0. The maximum absolute atomic E-state index is 11.0. The van der Waals surface area contributed by atoms with Crippen LogP contribution in [-0.2, 0) is 17.1 Å². The summed E-state index contributed by atoms with van der Waals surface area (Å²) in [7, 11) is 0. The zero-order chi connectivity index (χ0) is 13.5. The molecule has 0 N–H and O–H groups in total. The number of benzene rings is 1. The van der Waals surface area contributed by atoms with Crippen LogP contribution in [0.1, 0.15) is 22.8 Å². The Labute approximate surface area is 134 Å². The molecule has 10 radical (unpaired) electrons. The van der Waals surface area contributed by atoms with Crippen LogP contribution in [0, 0.1) is 63.7 Å². The fourth-order valence-corrected chi connectivity index (χ4v) is 1.78. The van der Waals surface area contributed by atoms with E-state index in [2.05, 4.69) is 12.8 Å². The third-order valence-corrected chi connectivity index (χ3v) is 2.84. The maximum atomic E-state index is 11.0. The first-order valence-corrected chi connectivity index (χ1v) is 6.27. The largest absolute Gasteiger partial charge is 2.00 e. The molecule has 2 aliphatic rings. The summed E-state index contributed by atoms with van der Waals surface area (Å²) in [6, 6.07) is 7.69. The van der Waals surface area contributed by atoms with E-state index in [9.17, 15) is 4.79 Å². The van der Waals surface area contributed by atoms with E-state index < -0.39 is 0 Å². The van der Waals surface area contributed by atoms with Crippen molar-refractivity contribution in [3.8, 4) is 0 Å². The second kappa shape index (κ2) is 9.36. The van der Waals surface area contributed by atoms with Gasteiger partial charge in [-0.2, -0.15) is 0 Å². The molecule has 20 heavy (non-hydrogen) atoms. The molecule has 2 fully saturated rings. The van der Waals surface area contributed by atoms with Crippen LogP contribution in [-0.4, -0.2) is 5.78 Å². The van der Waals surface area contributed by atoms with Gasteiger partial charge < -0.3 is 0 Å². The molecule has 0 amide bonds. The molecule has 2 aliphatic carbocycles. The summed E-state index contributed by atoms with van der Waals surface area (Å²) in [5.74, 6) is 1.30. The van der Waals surface area contributed by atoms with Crippen LogP contribution in [0.2, 0.25) is 0 Å². The molecule has 0 saturated heterocycles. The van der Waals surface area contributed by atoms with Crippen molar-refractivity contribution in [3.05, 3.63) is 99.1 Å². The average Bonchev–Trinajstić information content (AvgIpc) is 3.15. The SMILES string of the molecule is CC(=O)c1ccc([C]2[CH][CH][CH][CH]2)cc1.[CH]1[CH][CH][CH][CH]1.[Fe+2]. The van der Waals surface area contributed by atoms with Crippen molar-refractivity contribution in [1.29, 1.82) is 0 Å². The summed E-state index contributed by atoms with van der Waals surface area (Å²) >= 11 is 0. The maximum Gasteiger partial charge on any atom is 2.00 e. The first kappa shape index (κ1) is 17.5. The van der Waals surface area contributed by atoms with Gasteiger partial charge in [0.05, 0.1) is 0 Å². The van der Waals surface area contributed by atoms with Crippen LogP contribution < -0.4 is 0 Å². The van der Waals surface area contributed by atoms with Crippen molar-refractivity contribution >= 4 is 5.78 Å². The Morgan fingerprint density at radius 2 is 1.20 bits per heavy atom. The van der Waals surface area contributed by atoms with Crippen molar-refractivity contribution in [1.82, 2.24) is 0 Å². The minimum Gasteiger partial charge on any atom is -0.295 e. The van der Waals surface area contributed by atoms with Crippen molar-refractivity contribution in [3.63, 3.8) is 0 Å². The summed E-state index contributed by atoms with van der Waals surface area (Å²) in [5.41, 5.74) is 1.92. The number of carbonyl (C=O) groups is 1. The topological polar surface area (TPSA) is 17.1 Å². The standard InChI is InChI=1S/C13H11O.C5H5.Fe/c1-10(14)11-6-8-13(9-7-11)12-4-2-3-5-12;1-2-4-5-3-1;/h2-9H,1H3;1-5H;/q;;+2. The van der Waals surface area contributed by atoms with Crippen LogP contribution in [0.25, 0.3) is 0 Å². The van der Waals surface area contributed by atoms with Gasteiger partial charge in [-0.15, -0.1) is 0 Å². The van der Waals surface area contributed by atoms with Crippen LogP contribution in [0.15, 0.2) is 24.3 Å². The van der Waals surface area contributed by atoms with Crippen LogP contribution in [0.4, 0.5) is 0 Å². The fourth-order valence-electron chi connectivity index (χ4n) is 1.78. The summed E-state index contributed by atoms with van der Waals surface area (Å²) in [5, 5.41) is 0. The number of rotatable bonds is 2. The van der Waals surface area contributed by atoms with E-state index >= 15 is 0 Å². The van der Waals surface area contributed by atoms with Gasteiger partial charge in [-0.3, -0.25) is 4.79 Å². The van der Waals surface area contributed by atoms with Gasteiger partial charge in [-0.25, -0.2) is 0 Å². The minimum atomic E-state index is 0. The zero-order valence-corrected chi connectivity index (χ0v) is 12.4. The van der Waals surface area contributed by atoms with E-state index in [1.54, 1.807) is 6.92 Å². The van der Waals surface area contributed by atoms with E-state index in [-0.39, 0.29) is 22.9 Å². The molecule has 0 aromatic heterocycles. The van der Waals surface area contributed by atoms with E-state index in [0.29, 0.717) is 0 Å². The number of Topliss-reactive ketones (excluding diaryl/α,β-unsaturated/α-hetero) is 1. The van der Waals surface area contributed by atoms with Gasteiger partial charge >= 0.3 is 17.1 Å². The van der Waals surface area contributed by atoms with Gasteiger partial charge in [0.2, 0.25) is 0 Å². The predicted molar refractivity (Wildman–Crippen MR) is 77.5 cm³/mol. The predicted octanol–water partition coefficient (Wildman–Crippen LogP) is 3.66. The Balaban J connectivity index is 0.000000283. The van der Waals surface area contributed by atoms with E-state index in [0.717, 1.165) is 11.1 Å². The monoisotopic (exact) mass is 304 g/mol. The van der Waals surface area contributed by atoms with Gasteiger partial charge in [-0.05, 0) is 70.3 Å². The molecule has 2 heteroatoms. The third kappa shape index (κ3) is 5.42. The van der Waals surface area contributed by atoms with E-state index in [1.165, 1.54) is 5.92 Å². The molecular weight excluding hydrogens is 288 g/mol. The second-order valence-electron chi connectivity index (χ2n) is 4.27. The molecule has 100 valence electrons. The molecule has 0 aliphatic heterocycles. The van der Waals surface area contributed by atoms with Crippen molar-refractivity contribution in [2.45, 2.75) is 6.92 Å². The molecule has 0 heterocycles. The second-order valence-corrected chi connectivity index (χ2v) is 4.27. The third-order valence-electron chi connectivity index (χ3n) is 2.84. The molecule has 2 saturated carbocycles. The summed E-state index contributed by atoms with van der Waals surface area (Å²) in [4.78, 5) is 11.0. The Hall–Kier alpha value is -0.591. The van der Waals surface area contributed by atoms with Gasteiger partial charge in [-0.1, -0.05) is 24.3 Å². The first-order chi connectivity index (χ1) is 9.27. The molecule has 1 nitrogen and oxygen atoms in total. The molecule has 0 spiro atoms. The van der Waals surface area contributed by atoms with Crippen LogP contribution in [0.3, 0.4) is 0 Å². The molecular formula is C18H16FeO+2. The number of hydrogen-bond acceptors (Lipinski definition) is 1. The Bertz CT molecular complexity index is 379. The Kier molecular flexibility index (Phi) is 8.18. The van der Waals surface area contributed by atoms with Crippen molar-refractivity contribution < 1.29 is 21.9 Å². The quantitative estimate of drug-likeness (QED) is 0.602. The Morgan fingerprint density at radius 1 is 0.750 bits per heavy atom. The zero-order valence-electron chi connectivity index (χ0n) is 11.3. The van der Waals surface area contributed by atoms with Gasteiger partial charge in [0.1, 0.15) is 0 Å². The summed E-state index contributed by atoms with van der Waals surface area (Å²) in [6.07, 6.45) is 18.1. The summed E-state index contributed by atoms with van der Waals surface area (Å²) in [6.45, 7) is 1.58. The van der Waals surface area contributed by atoms with Gasteiger partial charge in [0.25, 0.3) is 0 Å². The molecule has 0 bridgehead atoms.